The van der Waals surface area contributed by atoms with E-state index in [4.69, 9.17) is 28.2 Å². The lowest BCUT2D eigenvalue weighted by molar-refractivity contribution is 0.360. The quantitative estimate of drug-likeness (QED) is 0.669. The van der Waals surface area contributed by atoms with Gasteiger partial charge in [0.2, 0.25) is 0 Å². The van der Waals surface area contributed by atoms with Crippen molar-refractivity contribution < 1.29 is 4.42 Å². The van der Waals surface area contributed by atoms with E-state index in [9.17, 15) is 0 Å². The summed E-state index contributed by atoms with van der Waals surface area (Å²) < 4.78 is 5.46. The Kier molecular flexibility index (Phi) is 5.46. The number of anilines is 1. The molecule has 0 atom stereocenters. The van der Waals surface area contributed by atoms with Gasteiger partial charge in [-0.05, 0) is 54.2 Å². The van der Waals surface area contributed by atoms with E-state index in [1.165, 1.54) is 0 Å². The molecule has 0 amide bonds. The maximum atomic E-state index is 6.21. The van der Waals surface area contributed by atoms with E-state index in [0.717, 1.165) is 17.0 Å². The minimum absolute atomic E-state index is 0.561. The Morgan fingerprint density at radius 2 is 1.88 bits per heavy atom. The van der Waals surface area contributed by atoms with E-state index in [-0.39, 0.29) is 0 Å². The predicted molar refractivity (Wildman–Crippen MR) is 99.9 cm³/mol. The number of pyridine rings is 1. The molecule has 0 aliphatic rings. The van der Waals surface area contributed by atoms with E-state index in [1.807, 2.05) is 53.4 Å². The second kappa shape index (κ2) is 7.95. The number of para-hydroxylation sites is 1. The minimum Gasteiger partial charge on any atom is -0.467 e. The summed E-state index contributed by atoms with van der Waals surface area (Å²) in [5.41, 5.74) is 1.89. The van der Waals surface area contributed by atoms with Crippen LogP contribution in [0, 0.1) is 0 Å². The van der Waals surface area contributed by atoms with Gasteiger partial charge in [-0.2, -0.15) is 0 Å². The molecule has 4 nitrogen and oxygen atoms in total. The lowest BCUT2D eigenvalue weighted by Gasteiger charge is -2.25. The summed E-state index contributed by atoms with van der Waals surface area (Å²) in [7, 11) is 0. The molecule has 2 heterocycles. The fourth-order valence-corrected chi connectivity index (χ4v) is 2.68. The molecular formula is C18H16ClN3OS. The van der Waals surface area contributed by atoms with Crippen molar-refractivity contribution in [3.05, 3.63) is 83.5 Å². The summed E-state index contributed by atoms with van der Waals surface area (Å²) in [6.07, 6.45) is 5.19. The maximum Gasteiger partial charge on any atom is 0.174 e. The van der Waals surface area contributed by atoms with Crippen LogP contribution in [0.2, 0.25) is 5.02 Å². The topological polar surface area (TPSA) is 41.3 Å². The van der Waals surface area contributed by atoms with Gasteiger partial charge in [-0.3, -0.25) is 4.98 Å². The number of rotatable bonds is 5. The first-order chi connectivity index (χ1) is 11.7. The summed E-state index contributed by atoms with van der Waals surface area (Å²) in [6, 6.07) is 15.2. The molecule has 0 spiro atoms. The van der Waals surface area contributed by atoms with Crippen molar-refractivity contribution in [1.29, 1.82) is 0 Å². The van der Waals surface area contributed by atoms with Crippen LogP contribution in [-0.4, -0.2) is 15.0 Å². The molecule has 2 aromatic heterocycles. The van der Waals surface area contributed by atoms with Gasteiger partial charge < -0.3 is 14.6 Å². The van der Waals surface area contributed by atoms with Gasteiger partial charge in [0.25, 0.3) is 0 Å². The third-order valence-electron chi connectivity index (χ3n) is 3.45. The molecule has 0 saturated heterocycles. The number of halogens is 1. The van der Waals surface area contributed by atoms with E-state index in [1.54, 1.807) is 18.7 Å². The molecule has 0 bridgehead atoms. The van der Waals surface area contributed by atoms with Crippen molar-refractivity contribution in [1.82, 2.24) is 9.88 Å². The Morgan fingerprint density at radius 1 is 1.08 bits per heavy atom. The fraction of sp³-hybridized carbons (Fsp3) is 0.111. The molecule has 0 fully saturated rings. The Hall–Kier alpha value is -2.37. The van der Waals surface area contributed by atoms with Gasteiger partial charge in [-0.25, -0.2) is 0 Å². The summed E-state index contributed by atoms with van der Waals surface area (Å²) >= 11 is 11.8. The zero-order chi connectivity index (χ0) is 16.8. The first kappa shape index (κ1) is 16.5. The van der Waals surface area contributed by atoms with Crippen LogP contribution >= 0.6 is 23.8 Å². The van der Waals surface area contributed by atoms with Gasteiger partial charge in [-0.15, -0.1) is 0 Å². The summed E-state index contributed by atoms with van der Waals surface area (Å²) in [5.74, 6) is 0.840. The zero-order valence-electron chi connectivity index (χ0n) is 12.9. The van der Waals surface area contributed by atoms with Crippen LogP contribution in [0.5, 0.6) is 0 Å². The minimum atomic E-state index is 0.561. The maximum absolute atomic E-state index is 6.21. The molecule has 3 aromatic rings. The molecule has 1 aromatic carbocycles. The summed E-state index contributed by atoms with van der Waals surface area (Å²) in [4.78, 5) is 6.07. The largest absolute Gasteiger partial charge is 0.467 e. The molecule has 0 unspecified atom stereocenters. The molecule has 122 valence electrons. The van der Waals surface area contributed by atoms with Gasteiger partial charge in [-0.1, -0.05) is 23.7 Å². The van der Waals surface area contributed by atoms with Crippen LogP contribution < -0.4 is 5.32 Å². The van der Waals surface area contributed by atoms with Crippen LogP contribution in [0.1, 0.15) is 11.3 Å². The van der Waals surface area contributed by atoms with Crippen LogP contribution in [0.25, 0.3) is 0 Å². The highest BCUT2D eigenvalue weighted by atomic mass is 35.5. The number of nitrogens with zero attached hydrogens (tertiary/aromatic N) is 2. The molecule has 0 radical (unpaired) electrons. The molecule has 0 aliphatic heterocycles. The lowest BCUT2D eigenvalue weighted by atomic mass is 10.2. The van der Waals surface area contributed by atoms with Gasteiger partial charge in [0.05, 0.1) is 23.5 Å². The predicted octanol–water partition coefficient (Wildman–Crippen LogP) is 4.73. The first-order valence-electron chi connectivity index (χ1n) is 7.44. The Bertz CT molecular complexity index is 793. The SMILES string of the molecule is S=C(Nc1ccccc1Cl)N(Cc1ccncc1)Cc1ccco1. The van der Waals surface area contributed by atoms with Crippen LogP contribution in [0.4, 0.5) is 5.69 Å². The second-order valence-electron chi connectivity index (χ2n) is 5.20. The van der Waals surface area contributed by atoms with Gasteiger partial charge in [0, 0.05) is 18.9 Å². The average molecular weight is 358 g/mol. The number of furan rings is 1. The Balaban J connectivity index is 1.77. The Labute approximate surface area is 151 Å². The van der Waals surface area contributed by atoms with Crippen molar-refractivity contribution >= 4 is 34.6 Å². The highest BCUT2D eigenvalue weighted by Gasteiger charge is 2.14. The molecule has 24 heavy (non-hydrogen) atoms. The molecule has 1 N–H and O–H groups in total. The number of thiocarbonyl (C=S) groups is 1. The molecule has 6 heteroatoms. The van der Waals surface area contributed by atoms with E-state index in [2.05, 4.69) is 10.3 Å². The van der Waals surface area contributed by atoms with Crippen molar-refractivity contribution in [3.8, 4) is 0 Å². The van der Waals surface area contributed by atoms with Gasteiger partial charge >= 0.3 is 0 Å². The van der Waals surface area contributed by atoms with Crippen molar-refractivity contribution in [2.24, 2.45) is 0 Å². The van der Waals surface area contributed by atoms with Gasteiger partial charge in [0.1, 0.15) is 5.76 Å². The van der Waals surface area contributed by atoms with Crippen molar-refractivity contribution in [2.75, 3.05) is 5.32 Å². The first-order valence-corrected chi connectivity index (χ1v) is 8.23. The van der Waals surface area contributed by atoms with E-state index in [0.29, 0.717) is 23.2 Å². The normalized spacial score (nSPS) is 10.4. The summed E-state index contributed by atoms with van der Waals surface area (Å²) in [6.45, 7) is 1.20. The van der Waals surface area contributed by atoms with Crippen molar-refractivity contribution in [3.63, 3.8) is 0 Å². The monoisotopic (exact) mass is 357 g/mol. The summed E-state index contributed by atoms with van der Waals surface area (Å²) in [5, 5.41) is 4.42. The molecule has 3 rings (SSSR count). The zero-order valence-corrected chi connectivity index (χ0v) is 14.4. The number of hydrogen-bond donors (Lipinski definition) is 1. The average Bonchev–Trinajstić information content (AvgIpc) is 3.10. The number of benzene rings is 1. The van der Waals surface area contributed by atoms with Crippen molar-refractivity contribution in [2.45, 2.75) is 13.1 Å². The fourth-order valence-electron chi connectivity index (χ4n) is 2.26. The standard InChI is InChI=1S/C18H16ClN3OS/c19-16-5-1-2-6-17(16)21-18(24)22(13-15-4-3-11-23-15)12-14-7-9-20-10-8-14/h1-11H,12-13H2,(H,21,24). The third kappa shape index (κ3) is 4.34. The Morgan fingerprint density at radius 3 is 2.58 bits per heavy atom. The number of nitrogens with one attached hydrogen (secondary N) is 1. The van der Waals surface area contributed by atoms with Crippen LogP contribution in [-0.2, 0) is 13.1 Å². The lowest BCUT2D eigenvalue weighted by Crippen LogP contribution is -2.33. The highest BCUT2D eigenvalue weighted by Crippen LogP contribution is 2.21. The van der Waals surface area contributed by atoms with Crippen LogP contribution in [0.3, 0.4) is 0 Å². The molecule has 0 aliphatic carbocycles. The number of aromatic nitrogens is 1. The smallest absolute Gasteiger partial charge is 0.174 e. The number of hydrogen-bond acceptors (Lipinski definition) is 3. The van der Waals surface area contributed by atoms with Gasteiger partial charge in [0.15, 0.2) is 5.11 Å². The second-order valence-corrected chi connectivity index (χ2v) is 5.99. The molecular weight excluding hydrogens is 342 g/mol. The third-order valence-corrected chi connectivity index (χ3v) is 4.14. The highest BCUT2D eigenvalue weighted by molar-refractivity contribution is 7.80. The van der Waals surface area contributed by atoms with E-state index >= 15 is 0 Å². The van der Waals surface area contributed by atoms with Crippen LogP contribution in [0.15, 0.2) is 71.6 Å². The van der Waals surface area contributed by atoms with E-state index < -0.39 is 0 Å². The molecule has 0 saturated carbocycles.